The van der Waals surface area contributed by atoms with Gasteiger partial charge >= 0.3 is 0 Å². The molecule has 6 aromatic carbocycles. The number of para-hydroxylation sites is 3. The lowest BCUT2D eigenvalue weighted by Gasteiger charge is -2.21. The molecule has 0 saturated carbocycles. The fourth-order valence-corrected chi connectivity index (χ4v) is 7.74. The highest BCUT2D eigenvalue weighted by Gasteiger charge is 2.36. The van der Waals surface area contributed by atoms with Crippen molar-refractivity contribution in [2.45, 2.75) is 19.3 Å². The summed E-state index contributed by atoms with van der Waals surface area (Å²) in [6.07, 6.45) is 0. The summed E-state index contributed by atoms with van der Waals surface area (Å²) >= 11 is 0. The van der Waals surface area contributed by atoms with E-state index in [9.17, 15) is 0 Å². The van der Waals surface area contributed by atoms with Gasteiger partial charge in [0, 0.05) is 43.6 Å². The third kappa shape index (κ3) is 3.68. The normalized spacial score (nSPS) is 13.5. The lowest BCUT2D eigenvalue weighted by atomic mass is 9.82. The third-order valence-electron chi connectivity index (χ3n) is 10.0. The summed E-state index contributed by atoms with van der Waals surface area (Å²) in [7, 11) is 0. The SMILES string of the molecule is CC1(C)c2ccccc2-c2cc3c4ccccc4n(-c4nc(-c5ccccc5)nc(-c5cccc6c5[nH]c5ccccc56)n4)c3cc21. The molecule has 0 saturated heterocycles. The Morgan fingerprint density at radius 2 is 1.21 bits per heavy atom. The number of nitrogens with zero attached hydrogens (tertiary/aromatic N) is 4. The van der Waals surface area contributed by atoms with Crippen molar-refractivity contribution in [2.24, 2.45) is 0 Å². The van der Waals surface area contributed by atoms with Gasteiger partial charge in [-0.2, -0.15) is 9.97 Å². The van der Waals surface area contributed by atoms with Crippen molar-refractivity contribution in [1.29, 1.82) is 0 Å². The summed E-state index contributed by atoms with van der Waals surface area (Å²) in [4.78, 5) is 19.3. The topological polar surface area (TPSA) is 59.4 Å². The van der Waals surface area contributed by atoms with Crippen molar-refractivity contribution >= 4 is 43.6 Å². The minimum atomic E-state index is -0.133. The highest BCUT2D eigenvalue weighted by molar-refractivity contribution is 6.12. The van der Waals surface area contributed by atoms with Gasteiger partial charge in [0.15, 0.2) is 11.6 Å². The lowest BCUT2D eigenvalue weighted by Crippen LogP contribution is -2.15. The fraction of sp³-hybridized carbons (Fsp3) is 0.0714. The minimum Gasteiger partial charge on any atom is -0.354 e. The van der Waals surface area contributed by atoms with E-state index in [0.29, 0.717) is 17.6 Å². The number of aromatic amines is 1. The summed E-state index contributed by atoms with van der Waals surface area (Å²) < 4.78 is 2.23. The Morgan fingerprint density at radius 1 is 0.511 bits per heavy atom. The second kappa shape index (κ2) is 9.47. The van der Waals surface area contributed by atoms with Gasteiger partial charge < -0.3 is 4.98 Å². The lowest BCUT2D eigenvalue weighted by molar-refractivity contribution is 0.661. The Balaban J connectivity index is 1.29. The zero-order valence-electron chi connectivity index (χ0n) is 26.0. The molecule has 3 heterocycles. The standard InChI is InChI=1S/C42H29N5/c1-42(2)33-20-9-6-15-26(33)31-23-32-28-17-8-11-22-36(28)47(37(32)24-34(31)42)41-45-39(25-13-4-3-5-14-25)44-40(46-41)30-19-12-18-29-27-16-7-10-21-35(27)43-38(29)30/h3-24,43H,1-2H3. The first-order valence-electron chi connectivity index (χ1n) is 16.1. The van der Waals surface area contributed by atoms with Crippen LogP contribution in [0.3, 0.4) is 0 Å². The molecule has 1 N–H and O–H groups in total. The van der Waals surface area contributed by atoms with Gasteiger partial charge in [-0.1, -0.05) is 117 Å². The Labute approximate surface area is 271 Å². The van der Waals surface area contributed by atoms with Crippen LogP contribution in [0.1, 0.15) is 25.0 Å². The summed E-state index contributed by atoms with van der Waals surface area (Å²) in [5, 5.41) is 4.69. The summed E-state index contributed by atoms with van der Waals surface area (Å²) in [5.74, 6) is 1.87. The molecule has 0 spiro atoms. The van der Waals surface area contributed by atoms with Crippen molar-refractivity contribution in [3.05, 3.63) is 145 Å². The van der Waals surface area contributed by atoms with Crippen LogP contribution < -0.4 is 0 Å². The van der Waals surface area contributed by atoms with Crippen molar-refractivity contribution in [1.82, 2.24) is 24.5 Å². The van der Waals surface area contributed by atoms with Crippen molar-refractivity contribution < 1.29 is 0 Å². The largest absolute Gasteiger partial charge is 0.354 e. The second-order valence-corrected chi connectivity index (χ2v) is 13.0. The van der Waals surface area contributed by atoms with E-state index in [1.165, 1.54) is 38.4 Å². The van der Waals surface area contributed by atoms with Gasteiger partial charge in [-0.25, -0.2) is 4.98 Å². The second-order valence-electron chi connectivity index (χ2n) is 13.0. The molecular formula is C42H29N5. The molecule has 5 heteroatoms. The average molecular weight is 604 g/mol. The summed E-state index contributed by atoms with van der Waals surface area (Å²) in [5.41, 5.74) is 11.3. The van der Waals surface area contributed by atoms with Crippen molar-refractivity contribution in [3.8, 4) is 39.9 Å². The molecule has 47 heavy (non-hydrogen) atoms. The molecule has 222 valence electrons. The Kier molecular flexibility index (Phi) is 5.28. The van der Waals surface area contributed by atoms with Crippen LogP contribution in [0.2, 0.25) is 0 Å². The number of H-pyrrole nitrogens is 1. The first-order valence-corrected chi connectivity index (χ1v) is 16.1. The molecule has 1 aliphatic rings. The van der Waals surface area contributed by atoms with E-state index in [2.05, 4.69) is 139 Å². The van der Waals surface area contributed by atoms with Crippen LogP contribution in [0, 0.1) is 0 Å². The maximum atomic E-state index is 5.28. The monoisotopic (exact) mass is 603 g/mol. The average Bonchev–Trinajstić information content (AvgIpc) is 3.73. The maximum absolute atomic E-state index is 5.28. The van der Waals surface area contributed by atoms with E-state index in [1.807, 2.05) is 18.2 Å². The van der Waals surface area contributed by atoms with Crippen LogP contribution in [-0.2, 0) is 5.41 Å². The van der Waals surface area contributed by atoms with Crippen LogP contribution in [0.25, 0.3) is 83.5 Å². The predicted molar refractivity (Wildman–Crippen MR) is 192 cm³/mol. The Hall–Kier alpha value is -6.07. The van der Waals surface area contributed by atoms with Crippen LogP contribution in [0.5, 0.6) is 0 Å². The quantitative estimate of drug-likeness (QED) is 0.219. The molecule has 0 fully saturated rings. The Bertz CT molecular complexity index is 2710. The molecule has 0 bridgehead atoms. The Morgan fingerprint density at radius 3 is 2.11 bits per heavy atom. The predicted octanol–water partition coefficient (Wildman–Crippen LogP) is 10.2. The van der Waals surface area contributed by atoms with E-state index >= 15 is 0 Å². The van der Waals surface area contributed by atoms with Crippen LogP contribution in [0.4, 0.5) is 0 Å². The van der Waals surface area contributed by atoms with Gasteiger partial charge in [-0.3, -0.25) is 4.57 Å². The van der Waals surface area contributed by atoms with Gasteiger partial charge in [0.05, 0.1) is 16.6 Å². The van der Waals surface area contributed by atoms with Gasteiger partial charge in [-0.15, -0.1) is 0 Å². The highest BCUT2D eigenvalue weighted by Crippen LogP contribution is 2.51. The highest BCUT2D eigenvalue weighted by atomic mass is 15.2. The van der Waals surface area contributed by atoms with Gasteiger partial charge in [-0.05, 0) is 52.6 Å². The summed E-state index contributed by atoms with van der Waals surface area (Å²) in [6, 6.07) is 47.1. The maximum Gasteiger partial charge on any atom is 0.238 e. The fourth-order valence-electron chi connectivity index (χ4n) is 7.74. The molecule has 0 aliphatic heterocycles. The molecule has 1 aliphatic carbocycles. The first kappa shape index (κ1) is 26.2. The van der Waals surface area contributed by atoms with E-state index in [4.69, 9.17) is 15.0 Å². The van der Waals surface area contributed by atoms with Gasteiger partial charge in [0.1, 0.15) is 0 Å². The molecule has 10 rings (SSSR count). The smallest absolute Gasteiger partial charge is 0.238 e. The molecule has 5 nitrogen and oxygen atoms in total. The molecular weight excluding hydrogens is 574 g/mol. The zero-order chi connectivity index (χ0) is 31.3. The zero-order valence-corrected chi connectivity index (χ0v) is 26.0. The third-order valence-corrected chi connectivity index (χ3v) is 10.0. The number of nitrogens with one attached hydrogen (secondary N) is 1. The minimum absolute atomic E-state index is 0.133. The molecule has 0 atom stereocenters. The number of aromatic nitrogens is 5. The van der Waals surface area contributed by atoms with Crippen LogP contribution in [0.15, 0.2) is 133 Å². The van der Waals surface area contributed by atoms with E-state index in [1.54, 1.807) is 0 Å². The van der Waals surface area contributed by atoms with Crippen LogP contribution >= 0.6 is 0 Å². The van der Waals surface area contributed by atoms with Crippen molar-refractivity contribution in [2.75, 3.05) is 0 Å². The first-order chi connectivity index (χ1) is 23.1. The molecule has 9 aromatic rings. The number of rotatable bonds is 3. The van der Waals surface area contributed by atoms with Gasteiger partial charge in [0.25, 0.3) is 0 Å². The number of fused-ring (bicyclic) bond motifs is 9. The summed E-state index contributed by atoms with van der Waals surface area (Å²) in [6.45, 7) is 4.65. The van der Waals surface area contributed by atoms with Crippen molar-refractivity contribution in [3.63, 3.8) is 0 Å². The molecule has 3 aromatic heterocycles. The van der Waals surface area contributed by atoms with E-state index in [-0.39, 0.29) is 5.41 Å². The molecule has 0 unspecified atom stereocenters. The molecule has 0 amide bonds. The molecule has 0 radical (unpaired) electrons. The van der Waals surface area contributed by atoms with Gasteiger partial charge in [0.2, 0.25) is 5.95 Å². The number of hydrogen-bond donors (Lipinski definition) is 1. The van der Waals surface area contributed by atoms with Crippen LogP contribution in [-0.4, -0.2) is 24.5 Å². The number of benzene rings is 6. The van der Waals surface area contributed by atoms with E-state index < -0.39 is 0 Å². The number of hydrogen-bond acceptors (Lipinski definition) is 3. The van der Waals surface area contributed by atoms with E-state index in [0.717, 1.165) is 38.6 Å².